The number of nitrogen functional groups attached to an aromatic ring is 1. The highest BCUT2D eigenvalue weighted by molar-refractivity contribution is 5.54. The van der Waals surface area contributed by atoms with Crippen molar-refractivity contribution in [1.82, 2.24) is 9.78 Å². The molecular formula is C12H15N3O. The van der Waals surface area contributed by atoms with E-state index in [-0.39, 0.29) is 0 Å². The third-order valence-corrected chi connectivity index (χ3v) is 2.41. The number of nitrogens with two attached hydrogens (primary N) is 1. The maximum absolute atomic E-state index is 5.84. The van der Waals surface area contributed by atoms with Crippen LogP contribution in [0, 0.1) is 6.92 Å². The summed E-state index contributed by atoms with van der Waals surface area (Å²) in [6, 6.07) is 7.76. The van der Waals surface area contributed by atoms with Crippen LogP contribution in [0.4, 0.5) is 5.69 Å². The van der Waals surface area contributed by atoms with Crippen LogP contribution in [0.25, 0.3) is 0 Å². The minimum absolute atomic E-state index is 0.656. The highest BCUT2D eigenvalue weighted by Crippen LogP contribution is 2.22. The number of methoxy groups -OCH3 is 1. The van der Waals surface area contributed by atoms with Crippen LogP contribution in [-0.4, -0.2) is 16.9 Å². The Bertz CT molecular complexity index is 491. The number of hydrogen-bond acceptors (Lipinski definition) is 3. The molecule has 0 unspecified atom stereocenters. The summed E-state index contributed by atoms with van der Waals surface area (Å²) in [6.07, 6.45) is 1.95. The summed E-state index contributed by atoms with van der Waals surface area (Å²) in [7, 11) is 1.61. The summed E-state index contributed by atoms with van der Waals surface area (Å²) < 4.78 is 6.99. The molecule has 2 rings (SSSR count). The first-order valence-electron chi connectivity index (χ1n) is 5.11. The van der Waals surface area contributed by atoms with Gasteiger partial charge in [0, 0.05) is 6.20 Å². The minimum atomic E-state index is 0.656. The summed E-state index contributed by atoms with van der Waals surface area (Å²) in [5.41, 5.74) is 8.62. The van der Waals surface area contributed by atoms with Gasteiger partial charge in [0.2, 0.25) is 0 Å². The van der Waals surface area contributed by atoms with Gasteiger partial charge in [0.15, 0.2) is 0 Å². The molecule has 2 aromatic rings. The lowest BCUT2D eigenvalue weighted by molar-refractivity contribution is 0.417. The highest BCUT2D eigenvalue weighted by Gasteiger charge is 2.02. The first kappa shape index (κ1) is 10.5. The first-order chi connectivity index (χ1) is 7.69. The molecule has 0 amide bonds. The third-order valence-electron chi connectivity index (χ3n) is 2.41. The van der Waals surface area contributed by atoms with Gasteiger partial charge in [-0.25, -0.2) is 0 Å². The molecular weight excluding hydrogens is 202 g/mol. The van der Waals surface area contributed by atoms with Crippen LogP contribution in [0.2, 0.25) is 0 Å². The molecule has 0 saturated heterocycles. The van der Waals surface area contributed by atoms with Crippen LogP contribution in [0.1, 0.15) is 11.3 Å². The zero-order valence-electron chi connectivity index (χ0n) is 9.47. The van der Waals surface area contributed by atoms with Crippen LogP contribution in [0.15, 0.2) is 30.5 Å². The molecule has 1 heterocycles. The lowest BCUT2D eigenvalue weighted by Gasteiger charge is -2.07. The maximum Gasteiger partial charge on any atom is 0.141 e. The van der Waals surface area contributed by atoms with Crippen molar-refractivity contribution in [1.29, 1.82) is 0 Å². The maximum atomic E-state index is 5.84. The molecule has 84 valence electrons. The zero-order valence-corrected chi connectivity index (χ0v) is 9.47. The number of rotatable bonds is 3. The molecule has 0 saturated carbocycles. The lowest BCUT2D eigenvalue weighted by Crippen LogP contribution is -2.02. The summed E-state index contributed by atoms with van der Waals surface area (Å²) in [6.45, 7) is 2.70. The predicted molar refractivity (Wildman–Crippen MR) is 63.5 cm³/mol. The van der Waals surface area contributed by atoms with Crippen molar-refractivity contribution in [3.05, 3.63) is 41.7 Å². The Hall–Kier alpha value is -1.97. The molecule has 0 bridgehead atoms. The van der Waals surface area contributed by atoms with Crippen LogP contribution in [-0.2, 0) is 6.54 Å². The van der Waals surface area contributed by atoms with Crippen molar-refractivity contribution < 1.29 is 4.74 Å². The molecule has 0 aliphatic heterocycles. The minimum Gasteiger partial charge on any atom is -0.495 e. The van der Waals surface area contributed by atoms with E-state index in [1.54, 1.807) is 7.11 Å². The van der Waals surface area contributed by atoms with Crippen molar-refractivity contribution in [3.8, 4) is 5.75 Å². The summed E-state index contributed by atoms with van der Waals surface area (Å²) in [5, 5.41) is 4.32. The van der Waals surface area contributed by atoms with E-state index < -0.39 is 0 Å². The number of benzene rings is 1. The molecule has 0 radical (unpaired) electrons. The van der Waals surface area contributed by atoms with E-state index in [9.17, 15) is 0 Å². The predicted octanol–water partition coefficient (Wildman–Crippen LogP) is 1.83. The van der Waals surface area contributed by atoms with E-state index in [1.165, 1.54) is 0 Å². The van der Waals surface area contributed by atoms with Crippen LogP contribution in [0.5, 0.6) is 5.75 Å². The van der Waals surface area contributed by atoms with Gasteiger partial charge < -0.3 is 10.5 Å². The molecule has 1 aromatic heterocycles. The van der Waals surface area contributed by atoms with Gasteiger partial charge in [0.05, 0.1) is 25.0 Å². The van der Waals surface area contributed by atoms with E-state index in [0.29, 0.717) is 11.4 Å². The van der Waals surface area contributed by atoms with E-state index in [4.69, 9.17) is 10.5 Å². The van der Waals surface area contributed by atoms with Crippen molar-refractivity contribution in [2.45, 2.75) is 13.5 Å². The average molecular weight is 217 g/mol. The summed E-state index contributed by atoms with van der Waals surface area (Å²) in [4.78, 5) is 0. The molecule has 4 heteroatoms. The Morgan fingerprint density at radius 1 is 1.38 bits per heavy atom. The van der Waals surface area contributed by atoms with Gasteiger partial charge >= 0.3 is 0 Å². The third kappa shape index (κ3) is 2.16. The van der Waals surface area contributed by atoms with Crippen LogP contribution >= 0.6 is 0 Å². The molecule has 0 spiro atoms. The Labute approximate surface area is 94.6 Å². The van der Waals surface area contributed by atoms with E-state index in [1.807, 2.05) is 42.1 Å². The second-order valence-electron chi connectivity index (χ2n) is 3.73. The van der Waals surface area contributed by atoms with Crippen molar-refractivity contribution in [2.24, 2.45) is 0 Å². The smallest absolute Gasteiger partial charge is 0.141 e. The largest absolute Gasteiger partial charge is 0.495 e. The van der Waals surface area contributed by atoms with Crippen LogP contribution < -0.4 is 10.5 Å². The molecule has 0 fully saturated rings. The van der Waals surface area contributed by atoms with Gasteiger partial charge in [0.1, 0.15) is 5.75 Å². The molecule has 4 nitrogen and oxygen atoms in total. The second-order valence-corrected chi connectivity index (χ2v) is 3.73. The van der Waals surface area contributed by atoms with Crippen molar-refractivity contribution >= 4 is 5.69 Å². The van der Waals surface area contributed by atoms with Gasteiger partial charge in [-0.2, -0.15) is 5.10 Å². The molecule has 0 aliphatic carbocycles. The fraction of sp³-hybridized carbons (Fsp3) is 0.250. The SMILES string of the molecule is COc1ccc(Cn2ccc(C)n2)cc1N. The second kappa shape index (κ2) is 4.26. The summed E-state index contributed by atoms with van der Waals surface area (Å²) >= 11 is 0. The number of aromatic nitrogens is 2. The Balaban J connectivity index is 2.19. The van der Waals surface area contributed by atoms with Gasteiger partial charge in [-0.1, -0.05) is 6.07 Å². The fourth-order valence-corrected chi connectivity index (χ4v) is 1.62. The van der Waals surface area contributed by atoms with Crippen molar-refractivity contribution in [2.75, 3.05) is 12.8 Å². The van der Waals surface area contributed by atoms with Gasteiger partial charge in [0.25, 0.3) is 0 Å². The van der Waals surface area contributed by atoms with E-state index in [0.717, 1.165) is 17.8 Å². The monoisotopic (exact) mass is 217 g/mol. The molecule has 0 atom stereocenters. The molecule has 16 heavy (non-hydrogen) atoms. The van der Waals surface area contributed by atoms with Gasteiger partial charge in [-0.15, -0.1) is 0 Å². The fourth-order valence-electron chi connectivity index (χ4n) is 1.62. The highest BCUT2D eigenvalue weighted by atomic mass is 16.5. The quantitative estimate of drug-likeness (QED) is 0.798. The Morgan fingerprint density at radius 2 is 2.19 bits per heavy atom. The first-order valence-corrected chi connectivity index (χ1v) is 5.11. The number of hydrogen-bond donors (Lipinski definition) is 1. The average Bonchev–Trinajstić information content (AvgIpc) is 2.64. The molecule has 0 aliphatic rings. The topological polar surface area (TPSA) is 53.1 Å². The van der Waals surface area contributed by atoms with Crippen LogP contribution in [0.3, 0.4) is 0 Å². The number of aryl methyl sites for hydroxylation is 1. The zero-order chi connectivity index (χ0) is 11.5. The lowest BCUT2D eigenvalue weighted by atomic mass is 10.2. The van der Waals surface area contributed by atoms with E-state index in [2.05, 4.69) is 5.10 Å². The Morgan fingerprint density at radius 3 is 2.75 bits per heavy atom. The van der Waals surface area contributed by atoms with Crippen molar-refractivity contribution in [3.63, 3.8) is 0 Å². The Kier molecular flexibility index (Phi) is 2.81. The molecule has 2 N–H and O–H groups in total. The molecule has 1 aromatic carbocycles. The van der Waals surface area contributed by atoms with Gasteiger partial charge in [-0.3, -0.25) is 4.68 Å². The summed E-state index contributed by atoms with van der Waals surface area (Å²) in [5.74, 6) is 0.709. The van der Waals surface area contributed by atoms with E-state index >= 15 is 0 Å². The van der Waals surface area contributed by atoms with Gasteiger partial charge in [-0.05, 0) is 30.7 Å². The standard InChI is InChI=1S/C12H15N3O/c1-9-5-6-15(14-9)8-10-3-4-12(16-2)11(13)7-10/h3-7H,8,13H2,1-2H3. The number of ether oxygens (including phenoxy) is 1. The number of anilines is 1. The number of nitrogens with zero attached hydrogens (tertiary/aromatic N) is 2. The normalized spacial score (nSPS) is 10.4.